The van der Waals surface area contributed by atoms with Gasteiger partial charge in [0, 0.05) is 35.6 Å². The average molecular weight is 426 g/mol. The Balaban J connectivity index is 2.02. The number of amidine groups is 1. The standard InChI is InChI=1S/C21H22N4O4S/c1-12(26)24-17(20(28)29)11-30-18-9-14(27)8-16-15(10-22)19(23)25(21(16,18)2)13-6-4-3-5-7-13/h3-8,17-18,23,27H,9,11H2,1-2H3,(H,24,26)(H,28,29)/t17-,18-,21+/m0/s1. The minimum absolute atomic E-state index is 0.0365. The lowest BCUT2D eigenvalue weighted by Crippen LogP contribution is -2.55. The Kier molecular flexibility index (Phi) is 5.89. The summed E-state index contributed by atoms with van der Waals surface area (Å²) in [6.45, 7) is 3.15. The molecule has 1 heterocycles. The highest BCUT2D eigenvalue weighted by atomic mass is 32.2. The lowest BCUT2D eigenvalue weighted by molar-refractivity contribution is -0.140. The molecule has 8 nitrogen and oxygen atoms in total. The van der Waals surface area contributed by atoms with Gasteiger partial charge in [-0.15, -0.1) is 0 Å². The highest BCUT2D eigenvalue weighted by molar-refractivity contribution is 8.00. The molecule has 0 spiro atoms. The number of nitrogens with one attached hydrogen (secondary N) is 2. The maximum absolute atomic E-state index is 11.5. The van der Waals surface area contributed by atoms with Gasteiger partial charge in [0.15, 0.2) is 0 Å². The van der Waals surface area contributed by atoms with E-state index in [4.69, 9.17) is 5.41 Å². The number of hydrogen-bond donors (Lipinski definition) is 4. The van der Waals surface area contributed by atoms with Gasteiger partial charge in [-0.05, 0) is 25.1 Å². The largest absolute Gasteiger partial charge is 0.512 e. The summed E-state index contributed by atoms with van der Waals surface area (Å²) in [5, 5.41) is 40.2. The highest BCUT2D eigenvalue weighted by Crippen LogP contribution is 2.50. The van der Waals surface area contributed by atoms with Crippen molar-refractivity contribution in [1.82, 2.24) is 5.32 Å². The number of hydrogen-bond acceptors (Lipinski definition) is 6. The third kappa shape index (κ3) is 3.66. The monoisotopic (exact) mass is 426 g/mol. The summed E-state index contributed by atoms with van der Waals surface area (Å²) in [4.78, 5) is 24.6. The van der Waals surface area contributed by atoms with E-state index in [0.29, 0.717) is 5.57 Å². The number of nitriles is 1. The first-order valence-corrected chi connectivity index (χ1v) is 10.3. The van der Waals surface area contributed by atoms with Crippen molar-refractivity contribution in [3.05, 3.63) is 53.3 Å². The first-order valence-electron chi connectivity index (χ1n) is 9.30. The topological polar surface area (TPSA) is 138 Å². The van der Waals surface area contributed by atoms with Crippen molar-refractivity contribution in [2.75, 3.05) is 10.7 Å². The number of nitrogens with zero attached hydrogens (tertiary/aromatic N) is 2. The molecular weight excluding hydrogens is 404 g/mol. The number of carbonyl (C=O) groups excluding carboxylic acids is 1. The second-order valence-corrected chi connectivity index (χ2v) is 8.56. The number of fused-ring (bicyclic) bond motifs is 1. The molecule has 4 N–H and O–H groups in total. The molecule has 1 aromatic carbocycles. The average Bonchev–Trinajstić information content (AvgIpc) is 2.91. The lowest BCUT2D eigenvalue weighted by atomic mass is 9.81. The summed E-state index contributed by atoms with van der Waals surface area (Å²) in [7, 11) is 0. The fourth-order valence-electron chi connectivity index (χ4n) is 3.94. The van der Waals surface area contributed by atoms with Crippen molar-refractivity contribution in [3.8, 4) is 6.07 Å². The molecule has 1 aliphatic heterocycles. The van der Waals surface area contributed by atoms with E-state index >= 15 is 0 Å². The number of aliphatic hydroxyl groups is 1. The normalized spacial score (nSPS) is 24.0. The van der Waals surface area contributed by atoms with E-state index in [-0.39, 0.29) is 34.6 Å². The Morgan fingerprint density at radius 2 is 2.10 bits per heavy atom. The van der Waals surface area contributed by atoms with Crippen molar-refractivity contribution < 1.29 is 19.8 Å². The molecule has 0 fully saturated rings. The van der Waals surface area contributed by atoms with E-state index in [1.54, 1.807) is 4.90 Å². The van der Waals surface area contributed by atoms with Gasteiger partial charge in [0.25, 0.3) is 0 Å². The zero-order chi connectivity index (χ0) is 22.1. The molecule has 0 radical (unpaired) electrons. The van der Waals surface area contributed by atoms with Crippen molar-refractivity contribution in [1.29, 1.82) is 10.7 Å². The van der Waals surface area contributed by atoms with E-state index < -0.39 is 23.5 Å². The second kappa shape index (κ2) is 8.24. The van der Waals surface area contributed by atoms with E-state index in [2.05, 4.69) is 11.4 Å². The molecule has 1 aromatic rings. The number of amides is 1. The molecule has 0 saturated heterocycles. The summed E-state index contributed by atoms with van der Waals surface area (Å²) in [6, 6.07) is 10.2. The van der Waals surface area contributed by atoms with Crippen molar-refractivity contribution >= 4 is 35.2 Å². The number of rotatable bonds is 6. The number of thioether (sulfide) groups is 1. The molecule has 0 saturated carbocycles. The Labute approximate surface area is 178 Å². The van der Waals surface area contributed by atoms with Gasteiger partial charge in [-0.2, -0.15) is 17.0 Å². The van der Waals surface area contributed by atoms with Crippen LogP contribution in [0.2, 0.25) is 0 Å². The van der Waals surface area contributed by atoms with Gasteiger partial charge >= 0.3 is 5.97 Å². The van der Waals surface area contributed by atoms with Crippen LogP contribution in [-0.4, -0.2) is 50.5 Å². The number of carboxylic acids is 1. The number of aliphatic hydroxyl groups excluding tert-OH is 1. The van der Waals surface area contributed by atoms with Crippen LogP contribution in [0.1, 0.15) is 20.3 Å². The fraction of sp³-hybridized carbons (Fsp3) is 0.333. The third-order valence-corrected chi connectivity index (χ3v) is 6.89. The molecule has 1 amide bonds. The summed E-state index contributed by atoms with van der Waals surface area (Å²) in [5.74, 6) is -1.41. The fourth-order valence-corrected chi connectivity index (χ4v) is 5.43. The van der Waals surface area contributed by atoms with Crippen LogP contribution in [0, 0.1) is 16.7 Å². The van der Waals surface area contributed by atoms with Crippen LogP contribution >= 0.6 is 11.8 Å². The number of carboxylic acid groups (broad SMARTS) is 1. The molecule has 30 heavy (non-hydrogen) atoms. The molecule has 3 atom stereocenters. The molecule has 2 aliphatic rings. The van der Waals surface area contributed by atoms with E-state index in [1.807, 2.05) is 37.3 Å². The van der Waals surface area contributed by atoms with Gasteiger partial charge in [-0.25, -0.2) is 4.79 Å². The van der Waals surface area contributed by atoms with Gasteiger partial charge in [0.2, 0.25) is 5.91 Å². The lowest BCUT2D eigenvalue weighted by Gasteiger charge is -2.45. The molecular formula is C21H22N4O4S. The minimum Gasteiger partial charge on any atom is -0.512 e. The van der Waals surface area contributed by atoms with Gasteiger partial charge in [-0.1, -0.05) is 18.2 Å². The molecule has 3 rings (SSSR count). The van der Waals surface area contributed by atoms with Crippen LogP contribution in [0.3, 0.4) is 0 Å². The number of allylic oxidation sites excluding steroid dienone is 1. The van der Waals surface area contributed by atoms with Crippen molar-refractivity contribution in [3.63, 3.8) is 0 Å². The molecule has 0 aromatic heterocycles. The van der Waals surface area contributed by atoms with Gasteiger partial charge in [0.1, 0.15) is 23.5 Å². The third-order valence-electron chi connectivity index (χ3n) is 5.34. The summed E-state index contributed by atoms with van der Waals surface area (Å²) >= 11 is 1.29. The molecule has 156 valence electrons. The zero-order valence-electron chi connectivity index (χ0n) is 16.5. The molecule has 0 unspecified atom stereocenters. The first kappa shape index (κ1) is 21.5. The Bertz CT molecular complexity index is 998. The highest BCUT2D eigenvalue weighted by Gasteiger charge is 2.53. The maximum Gasteiger partial charge on any atom is 0.327 e. The van der Waals surface area contributed by atoms with Crippen LogP contribution in [-0.2, 0) is 9.59 Å². The zero-order valence-corrected chi connectivity index (χ0v) is 17.4. The Hall–Kier alpha value is -3.25. The second-order valence-electron chi connectivity index (χ2n) is 7.32. The summed E-state index contributed by atoms with van der Waals surface area (Å²) < 4.78 is 0. The maximum atomic E-state index is 11.5. The smallest absolute Gasteiger partial charge is 0.327 e. The van der Waals surface area contributed by atoms with E-state index in [1.165, 1.54) is 24.8 Å². The number of carbonyl (C=O) groups is 2. The summed E-state index contributed by atoms with van der Waals surface area (Å²) in [5.41, 5.74) is 0.589. The van der Waals surface area contributed by atoms with Crippen LogP contribution in [0.5, 0.6) is 0 Å². The summed E-state index contributed by atoms with van der Waals surface area (Å²) in [6.07, 6.45) is 1.78. The van der Waals surface area contributed by atoms with Crippen LogP contribution in [0.25, 0.3) is 0 Å². The van der Waals surface area contributed by atoms with Gasteiger partial charge in [-0.3, -0.25) is 10.2 Å². The Morgan fingerprint density at radius 1 is 1.43 bits per heavy atom. The van der Waals surface area contributed by atoms with Crippen LogP contribution in [0.15, 0.2) is 53.3 Å². The van der Waals surface area contributed by atoms with E-state index in [0.717, 1.165) is 5.69 Å². The number of aliphatic carboxylic acids is 1. The Morgan fingerprint density at radius 3 is 2.67 bits per heavy atom. The first-order chi connectivity index (χ1) is 14.2. The van der Waals surface area contributed by atoms with Crippen molar-refractivity contribution in [2.24, 2.45) is 0 Å². The minimum atomic E-state index is -1.15. The number of para-hydroxylation sites is 1. The predicted molar refractivity (Wildman–Crippen MR) is 115 cm³/mol. The SMILES string of the molecule is CC(=O)N[C@@H](CS[C@H]1CC(O)=CC2=C(C#N)C(=N)N(c3ccccc3)[C@]21C)C(=O)O. The van der Waals surface area contributed by atoms with Gasteiger partial charge < -0.3 is 20.4 Å². The van der Waals surface area contributed by atoms with E-state index in [9.17, 15) is 25.1 Å². The molecule has 1 aliphatic carbocycles. The molecule has 0 bridgehead atoms. The van der Waals surface area contributed by atoms with Crippen LogP contribution in [0.4, 0.5) is 5.69 Å². The molecule has 9 heteroatoms. The number of anilines is 1. The van der Waals surface area contributed by atoms with Gasteiger partial charge in [0.05, 0.1) is 11.3 Å². The quantitative estimate of drug-likeness (QED) is 0.548. The van der Waals surface area contributed by atoms with Crippen LogP contribution < -0.4 is 10.2 Å². The number of benzene rings is 1. The predicted octanol–water partition coefficient (Wildman–Crippen LogP) is 2.60. The van der Waals surface area contributed by atoms with Crippen molar-refractivity contribution in [2.45, 2.75) is 37.1 Å².